The molecule has 0 atom stereocenters. The van der Waals surface area contributed by atoms with Crippen molar-refractivity contribution in [3.8, 4) is 16.9 Å². The summed E-state index contributed by atoms with van der Waals surface area (Å²) in [5.41, 5.74) is 1.43. The highest BCUT2D eigenvalue weighted by atomic mass is 35.5. The average molecular weight is 543 g/mol. The van der Waals surface area contributed by atoms with Crippen LogP contribution in [0.1, 0.15) is 16.7 Å². The molecule has 0 aliphatic carbocycles. The van der Waals surface area contributed by atoms with E-state index in [4.69, 9.17) is 31.9 Å². The van der Waals surface area contributed by atoms with Gasteiger partial charge in [-0.2, -0.15) is 0 Å². The molecule has 0 unspecified atom stereocenters. The number of aromatic nitrogens is 1. The van der Waals surface area contributed by atoms with Crippen LogP contribution in [0.15, 0.2) is 76.3 Å². The fourth-order valence-electron chi connectivity index (χ4n) is 3.61. The molecule has 0 spiro atoms. The van der Waals surface area contributed by atoms with Crippen molar-refractivity contribution >= 4 is 39.1 Å². The molecular formula is C25H20ClFN4O5S. The third-order valence-corrected chi connectivity index (χ3v) is 7.06. The number of methoxy groups -OCH3 is 2. The Kier molecular flexibility index (Phi) is 7.28. The van der Waals surface area contributed by atoms with Crippen molar-refractivity contribution in [3.05, 3.63) is 94.5 Å². The molecule has 1 aromatic heterocycles. The number of hydrogen-bond acceptors (Lipinski definition) is 8. The minimum absolute atomic E-state index is 0.0158. The zero-order valence-corrected chi connectivity index (χ0v) is 21.1. The first-order chi connectivity index (χ1) is 17.6. The van der Waals surface area contributed by atoms with Gasteiger partial charge in [0.2, 0.25) is 5.90 Å². The summed E-state index contributed by atoms with van der Waals surface area (Å²) < 4.78 is 56.9. The Balaban J connectivity index is 1.79. The van der Waals surface area contributed by atoms with Gasteiger partial charge in [0.25, 0.3) is 10.0 Å². The number of benzene rings is 3. The minimum atomic E-state index is -4.09. The molecule has 9 nitrogen and oxygen atoms in total. The molecule has 4 rings (SSSR count). The van der Waals surface area contributed by atoms with Crippen molar-refractivity contribution in [2.24, 2.45) is 0 Å². The van der Waals surface area contributed by atoms with E-state index < -0.39 is 15.8 Å². The number of halogens is 2. The molecular weight excluding hydrogens is 523 g/mol. The van der Waals surface area contributed by atoms with Gasteiger partial charge in [-0.3, -0.25) is 15.5 Å². The van der Waals surface area contributed by atoms with Gasteiger partial charge < -0.3 is 14.0 Å². The minimum Gasteiger partial charge on any atom is -0.496 e. The van der Waals surface area contributed by atoms with Gasteiger partial charge in [0.05, 0.1) is 24.8 Å². The SMILES string of the molecule is COC(=N)c1cc(S(=O)(=O)Nc2ccon2)ccc1C(=N)c1cc(Cl)c(-c2cccc(F)c2)cc1OC. The summed E-state index contributed by atoms with van der Waals surface area (Å²) in [4.78, 5) is -0.185. The molecule has 37 heavy (non-hydrogen) atoms. The summed E-state index contributed by atoms with van der Waals surface area (Å²) in [6, 6.07) is 14.2. The fraction of sp³-hybridized carbons (Fsp3) is 0.0800. The van der Waals surface area contributed by atoms with Crippen molar-refractivity contribution in [2.45, 2.75) is 4.90 Å². The second-order valence-electron chi connectivity index (χ2n) is 7.65. The molecule has 0 radical (unpaired) electrons. The molecule has 0 fully saturated rings. The van der Waals surface area contributed by atoms with E-state index in [9.17, 15) is 12.8 Å². The smallest absolute Gasteiger partial charge is 0.263 e. The lowest BCUT2D eigenvalue weighted by molar-refractivity contribution is 0.401. The predicted octanol–water partition coefficient (Wildman–Crippen LogP) is 5.33. The maximum absolute atomic E-state index is 13.8. The average Bonchev–Trinajstić information content (AvgIpc) is 3.39. The maximum atomic E-state index is 13.8. The first-order valence-electron chi connectivity index (χ1n) is 10.6. The van der Waals surface area contributed by atoms with Crippen LogP contribution in [-0.2, 0) is 14.8 Å². The molecule has 0 aliphatic heterocycles. The largest absolute Gasteiger partial charge is 0.496 e. The Morgan fingerprint density at radius 1 is 1.03 bits per heavy atom. The number of anilines is 1. The van der Waals surface area contributed by atoms with Crippen molar-refractivity contribution in [1.82, 2.24) is 5.16 Å². The van der Waals surface area contributed by atoms with Gasteiger partial charge in [0, 0.05) is 33.3 Å². The highest BCUT2D eigenvalue weighted by Gasteiger charge is 2.23. The summed E-state index contributed by atoms with van der Waals surface area (Å²) in [5, 5.41) is 20.9. The van der Waals surface area contributed by atoms with Gasteiger partial charge in [-0.05, 0) is 42.0 Å². The number of hydrogen-bond donors (Lipinski definition) is 3. The van der Waals surface area contributed by atoms with Crippen LogP contribution in [0.3, 0.4) is 0 Å². The van der Waals surface area contributed by atoms with E-state index in [0.717, 1.165) is 0 Å². The van der Waals surface area contributed by atoms with Crippen LogP contribution in [-0.4, -0.2) is 39.4 Å². The van der Waals surface area contributed by atoms with Gasteiger partial charge in [0.1, 0.15) is 17.8 Å². The Morgan fingerprint density at radius 2 is 1.81 bits per heavy atom. The standard InChI is InChI=1S/C25H20ClFN4O5S/c1-34-22-13-18(14-4-3-5-15(27)10-14)21(26)12-20(22)24(28)17-7-6-16(11-19(17)25(29)35-2)37(32,33)31-23-8-9-36-30-23/h3-13,28-29H,1-2H3,(H,30,31). The van der Waals surface area contributed by atoms with Gasteiger partial charge in [0.15, 0.2) is 5.82 Å². The van der Waals surface area contributed by atoms with E-state index in [0.29, 0.717) is 11.1 Å². The molecule has 3 N–H and O–H groups in total. The molecule has 0 saturated heterocycles. The second kappa shape index (κ2) is 10.4. The normalized spacial score (nSPS) is 11.1. The molecule has 0 saturated carbocycles. The summed E-state index contributed by atoms with van der Waals surface area (Å²) in [6.45, 7) is 0. The predicted molar refractivity (Wildman–Crippen MR) is 137 cm³/mol. The van der Waals surface area contributed by atoms with Crippen LogP contribution in [0, 0.1) is 16.6 Å². The van der Waals surface area contributed by atoms with E-state index in [1.165, 1.54) is 62.9 Å². The Hall–Kier alpha value is -4.22. The fourth-order valence-corrected chi connectivity index (χ4v) is 4.90. The number of ether oxygens (including phenoxy) is 2. The first kappa shape index (κ1) is 25.9. The van der Waals surface area contributed by atoms with Gasteiger partial charge in [-0.1, -0.05) is 35.0 Å². The number of nitrogens with zero attached hydrogens (tertiary/aromatic N) is 1. The van der Waals surface area contributed by atoms with Gasteiger partial charge in [-0.25, -0.2) is 12.8 Å². The molecule has 190 valence electrons. The van der Waals surface area contributed by atoms with Crippen LogP contribution in [0.2, 0.25) is 5.02 Å². The van der Waals surface area contributed by atoms with Crippen LogP contribution >= 0.6 is 11.6 Å². The molecule has 4 aromatic rings. The number of rotatable bonds is 8. The monoisotopic (exact) mass is 542 g/mol. The molecule has 1 heterocycles. The molecule has 0 bridgehead atoms. The molecule has 3 aromatic carbocycles. The van der Waals surface area contributed by atoms with Crippen molar-refractivity contribution in [2.75, 3.05) is 18.9 Å². The first-order valence-corrected chi connectivity index (χ1v) is 12.4. The van der Waals surface area contributed by atoms with Crippen molar-refractivity contribution < 1.29 is 26.8 Å². The number of nitrogens with one attached hydrogen (secondary N) is 3. The van der Waals surface area contributed by atoms with Crippen LogP contribution in [0.25, 0.3) is 11.1 Å². The summed E-state index contributed by atoms with van der Waals surface area (Å²) in [5.74, 6) is -0.536. The lowest BCUT2D eigenvalue weighted by Gasteiger charge is -2.17. The van der Waals surface area contributed by atoms with Crippen LogP contribution < -0.4 is 9.46 Å². The Morgan fingerprint density at radius 3 is 2.46 bits per heavy atom. The lowest BCUT2D eigenvalue weighted by atomic mass is 9.94. The van der Waals surface area contributed by atoms with E-state index in [1.807, 2.05) is 0 Å². The second-order valence-corrected chi connectivity index (χ2v) is 9.74. The topological polar surface area (TPSA) is 138 Å². The Bertz CT molecular complexity index is 1610. The van der Waals surface area contributed by atoms with Crippen LogP contribution in [0.4, 0.5) is 10.2 Å². The quantitative estimate of drug-likeness (QED) is 0.203. The summed E-state index contributed by atoms with van der Waals surface area (Å²) in [7, 11) is -1.41. The highest BCUT2D eigenvalue weighted by Crippen LogP contribution is 2.36. The zero-order valence-electron chi connectivity index (χ0n) is 19.5. The summed E-state index contributed by atoms with van der Waals surface area (Å²) in [6.07, 6.45) is 1.21. The third-order valence-electron chi connectivity index (χ3n) is 5.39. The molecule has 0 aliphatic rings. The zero-order chi connectivity index (χ0) is 26.7. The van der Waals surface area contributed by atoms with Gasteiger partial charge in [-0.15, -0.1) is 0 Å². The summed E-state index contributed by atoms with van der Waals surface area (Å²) >= 11 is 6.52. The Labute approximate surface area is 216 Å². The lowest BCUT2D eigenvalue weighted by Crippen LogP contribution is -2.17. The molecule has 12 heteroatoms. The van der Waals surface area contributed by atoms with E-state index in [1.54, 1.807) is 18.2 Å². The van der Waals surface area contributed by atoms with E-state index >= 15 is 0 Å². The number of sulfonamides is 1. The third kappa shape index (κ3) is 5.32. The van der Waals surface area contributed by atoms with Crippen molar-refractivity contribution in [1.29, 1.82) is 10.8 Å². The highest BCUT2D eigenvalue weighted by molar-refractivity contribution is 7.92. The van der Waals surface area contributed by atoms with Crippen molar-refractivity contribution in [3.63, 3.8) is 0 Å². The van der Waals surface area contributed by atoms with Gasteiger partial charge >= 0.3 is 0 Å². The van der Waals surface area contributed by atoms with E-state index in [-0.39, 0.29) is 49.8 Å². The van der Waals surface area contributed by atoms with Crippen LogP contribution in [0.5, 0.6) is 5.75 Å². The maximum Gasteiger partial charge on any atom is 0.263 e. The molecule has 0 amide bonds. The van der Waals surface area contributed by atoms with E-state index in [2.05, 4.69) is 14.4 Å².